The van der Waals surface area contributed by atoms with Crippen LogP contribution in [0.4, 0.5) is 0 Å². The Bertz CT molecular complexity index is 477. The lowest BCUT2D eigenvalue weighted by Crippen LogP contribution is -2.44. The van der Waals surface area contributed by atoms with Crippen LogP contribution in [0.25, 0.3) is 0 Å². The Morgan fingerprint density at radius 1 is 1.00 bits per heavy atom. The van der Waals surface area contributed by atoms with Crippen LogP contribution in [-0.4, -0.2) is 15.2 Å². The molecule has 6 heteroatoms. The monoisotopic (exact) mass is 382 g/mol. The van der Waals surface area contributed by atoms with Gasteiger partial charge in [-0.05, 0) is 36.9 Å². The second kappa shape index (κ2) is 9.38. The van der Waals surface area contributed by atoms with E-state index in [-0.39, 0.29) is 0 Å². The molecule has 1 aromatic rings. The number of hydrogen-bond donors (Lipinski definition) is 0. The van der Waals surface area contributed by atoms with Gasteiger partial charge in [0, 0.05) is 12.7 Å². The summed E-state index contributed by atoms with van der Waals surface area (Å²) in [4.78, 5) is 0. The van der Waals surface area contributed by atoms with Crippen molar-refractivity contribution in [2.75, 3.05) is 6.61 Å². The van der Waals surface area contributed by atoms with Gasteiger partial charge >= 0.3 is 8.56 Å². The summed E-state index contributed by atoms with van der Waals surface area (Å²) in [7, 11) is -2.31. The molecule has 0 aliphatic heterocycles. The van der Waals surface area contributed by atoms with Crippen LogP contribution in [0.1, 0.15) is 40.5 Å². The average Bonchev–Trinajstić information content (AvgIpc) is 2.47. The highest BCUT2D eigenvalue weighted by Crippen LogP contribution is 2.36. The molecule has 0 amide bonds. The molecule has 0 aromatic heterocycles. The Balaban J connectivity index is 2.80. The molecule has 0 heterocycles. The molecule has 22 heavy (non-hydrogen) atoms. The first-order valence-electron chi connectivity index (χ1n) is 7.81. The van der Waals surface area contributed by atoms with Gasteiger partial charge in [0.2, 0.25) is 0 Å². The maximum absolute atomic E-state index is 6.22. The fourth-order valence-corrected chi connectivity index (χ4v) is 5.14. The van der Waals surface area contributed by atoms with E-state index in [2.05, 4.69) is 27.7 Å². The van der Waals surface area contributed by atoms with Crippen LogP contribution in [0, 0.1) is 5.92 Å². The van der Waals surface area contributed by atoms with Crippen molar-refractivity contribution in [3.05, 3.63) is 27.2 Å². The maximum atomic E-state index is 6.22. The molecule has 0 bridgehead atoms. The molecule has 0 atom stereocenters. The number of benzene rings is 1. The minimum atomic E-state index is -2.31. The third kappa shape index (κ3) is 5.93. The smallest absolute Gasteiger partial charge is 0.398 e. The van der Waals surface area contributed by atoms with Crippen molar-refractivity contribution in [3.63, 3.8) is 0 Å². The van der Waals surface area contributed by atoms with Gasteiger partial charge in [-0.25, -0.2) is 0 Å². The van der Waals surface area contributed by atoms with Crippen molar-refractivity contribution in [3.8, 4) is 5.75 Å². The lowest BCUT2D eigenvalue weighted by atomic mass is 10.1. The maximum Gasteiger partial charge on any atom is 0.398 e. The van der Waals surface area contributed by atoms with Crippen LogP contribution >= 0.6 is 34.8 Å². The molecule has 0 aliphatic carbocycles. The Morgan fingerprint density at radius 2 is 1.59 bits per heavy atom. The molecule has 0 fully saturated rings. The summed E-state index contributed by atoms with van der Waals surface area (Å²) in [5.74, 6) is 1.25. The van der Waals surface area contributed by atoms with Crippen molar-refractivity contribution in [2.45, 2.75) is 52.6 Å². The van der Waals surface area contributed by atoms with E-state index in [0.29, 0.717) is 26.7 Å². The minimum absolute atomic E-state index is 0.428. The Morgan fingerprint density at radius 3 is 2.14 bits per heavy atom. The zero-order valence-electron chi connectivity index (χ0n) is 13.7. The van der Waals surface area contributed by atoms with Crippen LogP contribution in [0.3, 0.4) is 0 Å². The van der Waals surface area contributed by atoms with Crippen LogP contribution in [0.15, 0.2) is 12.1 Å². The van der Waals surface area contributed by atoms with E-state index in [9.17, 15) is 0 Å². The molecule has 0 spiro atoms. The molecule has 0 aliphatic rings. The molecule has 1 aromatic carbocycles. The largest absolute Gasteiger partial charge is 0.519 e. The summed E-state index contributed by atoms with van der Waals surface area (Å²) < 4.78 is 12.4. The lowest BCUT2D eigenvalue weighted by molar-refractivity contribution is 0.227. The second-order valence-corrected chi connectivity index (χ2v) is 10.8. The van der Waals surface area contributed by atoms with E-state index in [1.165, 1.54) is 0 Å². The van der Waals surface area contributed by atoms with Gasteiger partial charge in [-0.1, -0.05) is 62.5 Å². The zero-order valence-corrected chi connectivity index (χ0v) is 17.0. The molecule has 1 rings (SSSR count). The van der Waals surface area contributed by atoms with Crippen molar-refractivity contribution < 1.29 is 8.85 Å². The third-order valence-corrected chi connectivity index (χ3v) is 8.13. The third-order valence-electron chi connectivity index (χ3n) is 3.64. The molecular formula is C16H25Cl3O2Si. The quantitative estimate of drug-likeness (QED) is 0.260. The first kappa shape index (κ1) is 20.1. The van der Waals surface area contributed by atoms with Crippen LogP contribution < -0.4 is 4.43 Å². The SMILES string of the molecule is CC[Si](CC)(OCCCC(C)C)Oc1cc(Cl)c(Cl)cc1Cl. The summed E-state index contributed by atoms with van der Waals surface area (Å²) >= 11 is 18.3. The van der Waals surface area contributed by atoms with Crippen molar-refractivity contribution in [1.29, 1.82) is 0 Å². The second-order valence-electron chi connectivity index (χ2n) is 5.80. The Hall–Kier alpha value is 0.0669. The molecule has 0 saturated heterocycles. The first-order valence-corrected chi connectivity index (χ1v) is 11.2. The molecule has 0 N–H and O–H groups in total. The van der Waals surface area contributed by atoms with E-state index in [1.54, 1.807) is 12.1 Å². The molecule has 0 radical (unpaired) electrons. The summed E-state index contributed by atoms with van der Waals surface area (Å²) in [5.41, 5.74) is 0. The highest BCUT2D eigenvalue weighted by atomic mass is 35.5. The normalized spacial score (nSPS) is 12.0. The summed E-state index contributed by atoms with van der Waals surface area (Å²) in [6.45, 7) is 9.37. The fourth-order valence-electron chi connectivity index (χ4n) is 2.16. The number of rotatable bonds is 9. The van der Waals surface area contributed by atoms with E-state index in [0.717, 1.165) is 31.5 Å². The molecule has 0 saturated carbocycles. The van der Waals surface area contributed by atoms with Crippen LogP contribution in [0.2, 0.25) is 27.2 Å². The Kier molecular flexibility index (Phi) is 8.58. The predicted molar refractivity (Wildman–Crippen MR) is 98.8 cm³/mol. The predicted octanol–water partition coefficient (Wildman–Crippen LogP) is 6.96. The summed E-state index contributed by atoms with van der Waals surface area (Å²) in [6, 6.07) is 5.02. The van der Waals surface area contributed by atoms with Gasteiger partial charge in [-0.15, -0.1) is 0 Å². The summed E-state index contributed by atoms with van der Waals surface area (Å²) in [5, 5.41) is 1.34. The van der Waals surface area contributed by atoms with E-state index in [1.807, 2.05) is 0 Å². The average molecular weight is 384 g/mol. The van der Waals surface area contributed by atoms with Crippen LogP contribution in [0.5, 0.6) is 5.75 Å². The van der Waals surface area contributed by atoms with Gasteiger partial charge in [-0.3, -0.25) is 0 Å². The zero-order chi connectivity index (χ0) is 16.8. The lowest BCUT2D eigenvalue weighted by Gasteiger charge is -2.30. The highest BCUT2D eigenvalue weighted by molar-refractivity contribution is 6.68. The van der Waals surface area contributed by atoms with Gasteiger partial charge in [0.15, 0.2) is 0 Å². The van der Waals surface area contributed by atoms with Crippen molar-refractivity contribution >= 4 is 43.4 Å². The molecular weight excluding hydrogens is 359 g/mol. The van der Waals surface area contributed by atoms with Gasteiger partial charge < -0.3 is 8.85 Å². The van der Waals surface area contributed by atoms with Gasteiger partial charge in [-0.2, -0.15) is 0 Å². The highest BCUT2D eigenvalue weighted by Gasteiger charge is 2.36. The molecule has 0 unspecified atom stereocenters. The number of halogens is 3. The standard InChI is InChI=1S/C16H25Cl3O2Si/c1-5-22(6-2,20-9-7-8-12(3)4)21-16-11-14(18)13(17)10-15(16)19/h10-12H,5-9H2,1-4H3. The topological polar surface area (TPSA) is 18.5 Å². The Labute approximate surface area is 150 Å². The fraction of sp³-hybridized carbons (Fsp3) is 0.625. The van der Waals surface area contributed by atoms with Gasteiger partial charge in [0.1, 0.15) is 5.75 Å². The van der Waals surface area contributed by atoms with E-state index in [4.69, 9.17) is 43.7 Å². The van der Waals surface area contributed by atoms with Gasteiger partial charge in [0.05, 0.1) is 15.1 Å². The number of hydrogen-bond acceptors (Lipinski definition) is 2. The van der Waals surface area contributed by atoms with Gasteiger partial charge in [0.25, 0.3) is 0 Å². The van der Waals surface area contributed by atoms with Crippen molar-refractivity contribution in [1.82, 2.24) is 0 Å². The molecule has 126 valence electrons. The summed E-state index contributed by atoms with van der Waals surface area (Å²) in [6.07, 6.45) is 2.20. The van der Waals surface area contributed by atoms with Crippen LogP contribution in [-0.2, 0) is 4.43 Å². The van der Waals surface area contributed by atoms with E-state index >= 15 is 0 Å². The molecule has 2 nitrogen and oxygen atoms in total. The van der Waals surface area contributed by atoms with E-state index < -0.39 is 8.56 Å². The minimum Gasteiger partial charge on any atom is -0.519 e. The van der Waals surface area contributed by atoms with Crippen molar-refractivity contribution in [2.24, 2.45) is 5.92 Å². The first-order chi connectivity index (χ1) is 10.3.